The lowest BCUT2D eigenvalue weighted by Crippen LogP contribution is -2.50. The lowest BCUT2D eigenvalue weighted by atomic mass is 10.1. The largest absolute Gasteiger partial charge is 0.483 e. The first-order chi connectivity index (χ1) is 13.7. The van der Waals surface area contributed by atoms with Gasteiger partial charge in [-0.1, -0.05) is 40.2 Å². The molecule has 156 valence electrons. The smallest absolute Gasteiger partial charge is 0.261 e. The third-order valence-corrected chi connectivity index (χ3v) is 5.24. The molecule has 2 aromatic carbocycles. The molecule has 0 saturated heterocycles. The van der Waals surface area contributed by atoms with Gasteiger partial charge in [-0.3, -0.25) is 9.59 Å². The van der Waals surface area contributed by atoms with Gasteiger partial charge in [-0.25, -0.2) is 0 Å². The summed E-state index contributed by atoms with van der Waals surface area (Å²) in [6, 6.07) is 12.8. The summed E-state index contributed by atoms with van der Waals surface area (Å²) in [6.07, 6.45) is 0. The second-order valence-electron chi connectivity index (χ2n) is 7.48. The number of halogens is 1. The second-order valence-corrected chi connectivity index (χ2v) is 8.39. The molecule has 0 aliphatic carbocycles. The minimum atomic E-state index is -0.619. The van der Waals surface area contributed by atoms with Crippen LogP contribution in [0.5, 0.6) is 5.75 Å². The van der Waals surface area contributed by atoms with Crippen LogP contribution in [0.2, 0.25) is 0 Å². The molecule has 0 heterocycles. The van der Waals surface area contributed by atoms with Crippen LogP contribution in [-0.2, 0) is 16.1 Å². The van der Waals surface area contributed by atoms with E-state index >= 15 is 0 Å². The van der Waals surface area contributed by atoms with E-state index in [1.54, 1.807) is 11.8 Å². The van der Waals surface area contributed by atoms with Gasteiger partial charge in [0.2, 0.25) is 5.91 Å². The molecular formula is C23H29BrN2O3. The van der Waals surface area contributed by atoms with Crippen molar-refractivity contribution in [2.45, 2.75) is 53.2 Å². The highest BCUT2D eigenvalue weighted by molar-refractivity contribution is 9.10. The van der Waals surface area contributed by atoms with Crippen LogP contribution in [-0.4, -0.2) is 35.4 Å². The van der Waals surface area contributed by atoms with Crippen LogP contribution in [0.4, 0.5) is 0 Å². The standard InChI is InChI=1S/C23H29BrN2O3/c1-15(2)25-23(28)18(5)26(13-19-9-7-10-20(24)12-19)22(27)14-29-21-11-6-8-16(3)17(21)4/h6-12,15,18H,13-14H2,1-5H3,(H,25,28)/t18-/m0/s1. The molecule has 6 heteroatoms. The summed E-state index contributed by atoms with van der Waals surface area (Å²) in [4.78, 5) is 27.2. The average molecular weight is 461 g/mol. The van der Waals surface area contributed by atoms with E-state index in [-0.39, 0.29) is 24.5 Å². The first-order valence-corrected chi connectivity index (χ1v) is 10.5. The highest BCUT2D eigenvalue weighted by atomic mass is 79.9. The van der Waals surface area contributed by atoms with Crippen molar-refractivity contribution in [3.05, 3.63) is 63.6 Å². The molecule has 0 saturated carbocycles. The van der Waals surface area contributed by atoms with Crippen molar-refractivity contribution in [3.8, 4) is 5.75 Å². The van der Waals surface area contributed by atoms with Gasteiger partial charge in [0.05, 0.1) is 0 Å². The topological polar surface area (TPSA) is 58.6 Å². The SMILES string of the molecule is Cc1cccc(OCC(=O)N(Cc2cccc(Br)c2)[C@@H](C)C(=O)NC(C)C)c1C. The molecule has 0 fully saturated rings. The Balaban J connectivity index is 2.19. The van der Waals surface area contributed by atoms with Crippen LogP contribution in [0.15, 0.2) is 46.9 Å². The molecule has 0 aliphatic rings. The van der Waals surface area contributed by atoms with E-state index in [1.165, 1.54) is 0 Å². The Hall–Kier alpha value is -2.34. The molecule has 1 N–H and O–H groups in total. The van der Waals surface area contributed by atoms with Crippen molar-refractivity contribution in [3.63, 3.8) is 0 Å². The van der Waals surface area contributed by atoms with E-state index < -0.39 is 6.04 Å². The third kappa shape index (κ3) is 6.60. The molecular weight excluding hydrogens is 432 g/mol. The third-order valence-electron chi connectivity index (χ3n) is 4.75. The monoisotopic (exact) mass is 460 g/mol. The van der Waals surface area contributed by atoms with E-state index in [0.29, 0.717) is 12.3 Å². The first-order valence-electron chi connectivity index (χ1n) is 9.72. The first kappa shape index (κ1) is 22.9. The van der Waals surface area contributed by atoms with Crippen LogP contribution < -0.4 is 10.1 Å². The van der Waals surface area contributed by atoms with Crippen molar-refractivity contribution in [1.82, 2.24) is 10.2 Å². The molecule has 5 nitrogen and oxygen atoms in total. The fourth-order valence-corrected chi connectivity index (χ4v) is 3.37. The minimum absolute atomic E-state index is 0.000958. The van der Waals surface area contributed by atoms with Gasteiger partial charge in [-0.05, 0) is 69.5 Å². The molecule has 2 rings (SSSR count). The predicted molar refractivity (Wildman–Crippen MR) is 119 cm³/mol. The van der Waals surface area contributed by atoms with Crippen molar-refractivity contribution >= 4 is 27.7 Å². The summed E-state index contributed by atoms with van der Waals surface area (Å²) in [6.45, 7) is 9.70. The summed E-state index contributed by atoms with van der Waals surface area (Å²) in [5.41, 5.74) is 3.04. The molecule has 0 unspecified atom stereocenters. The Bertz CT molecular complexity index is 867. The van der Waals surface area contributed by atoms with Gasteiger partial charge in [0.15, 0.2) is 6.61 Å². The normalized spacial score (nSPS) is 11.8. The Morgan fingerprint density at radius 3 is 2.45 bits per heavy atom. The highest BCUT2D eigenvalue weighted by Crippen LogP contribution is 2.21. The van der Waals surface area contributed by atoms with Crippen LogP contribution in [0.1, 0.15) is 37.5 Å². The zero-order chi connectivity index (χ0) is 21.6. The number of hydrogen-bond donors (Lipinski definition) is 1. The molecule has 29 heavy (non-hydrogen) atoms. The summed E-state index contributed by atoms with van der Waals surface area (Å²) in [5.74, 6) is 0.257. The fraction of sp³-hybridized carbons (Fsp3) is 0.391. The number of hydrogen-bond acceptors (Lipinski definition) is 3. The Morgan fingerprint density at radius 2 is 1.79 bits per heavy atom. The number of carbonyl (C=O) groups is 2. The number of amides is 2. The molecule has 0 aromatic heterocycles. The molecule has 2 amide bonds. The van der Waals surface area contributed by atoms with Crippen LogP contribution >= 0.6 is 15.9 Å². The molecule has 0 radical (unpaired) electrons. The maximum absolute atomic E-state index is 13.0. The summed E-state index contributed by atoms with van der Waals surface area (Å²) < 4.78 is 6.73. The Morgan fingerprint density at radius 1 is 1.10 bits per heavy atom. The molecule has 0 aliphatic heterocycles. The number of aryl methyl sites for hydroxylation is 1. The average Bonchev–Trinajstić information content (AvgIpc) is 2.66. The molecule has 0 bridgehead atoms. The van der Waals surface area contributed by atoms with E-state index in [2.05, 4.69) is 21.2 Å². The minimum Gasteiger partial charge on any atom is -0.483 e. The Kier molecular flexibility index (Phi) is 8.26. The van der Waals surface area contributed by atoms with Gasteiger partial charge in [0.1, 0.15) is 11.8 Å². The van der Waals surface area contributed by atoms with Gasteiger partial charge in [-0.2, -0.15) is 0 Å². The van der Waals surface area contributed by atoms with E-state index in [1.807, 2.05) is 70.2 Å². The maximum Gasteiger partial charge on any atom is 0.261 e. The number of nitrogens with one attached hydrogen (secondary N) is 1. The number of ether oxygens (including phenoxy) is 1. The molecule has 0 spiro atoms. The number of rotatable bonds is 8. The van der Waals surface area contributed by atoms with Gasteiger partial charge < -0.3 is 15.0 Å². The zero-order valence-electron chi connectivity index (χ0n) is 17.7. The summed E-state index contributed by atoms with van der Waals surface area (Å²) >= 11 is 3.46. The molecule has 2 aromatic rings. The quantitative estimate of drug-likeness (QED) is 0.635. The van der Waals surface area contributed by atoms with Crippen molar-refractivity contribution in [2.24, 2.45) is 0 Å². The zero-order valence-corrected chi connectivity index (χ0v) is 19.2. The highest BCUT2D eigenvalue weighted by Gasteiger charge is 2.27. The number of carbonyl (C=O) groups excluding carboxylic acids is 2. The van der Waals surface area contributed by atoms with Crippen LogP contribution in [0.3, 0.4) is 0 Å². The van der Waals surface area contributed by atoms with Gasteiger partial charge >= 0.3 is 0 Å². The van der Waals surface area contributed by atoms with Crippen molar-refractivity contribution < 1.29 is 14.3 Å². The van der Waals surface area contributed by atoms with E-state index in [0.717, 1.165) is 21.2 Å². The second kappa shape index (κ2) is 10.4. The summed E-state index contributed by atoms with van der Waals surface area (Å²) in [7, 11) is 0. The van der Waals surface area contributed by atoms with E-state index in [4.69, 9.17) is 4.74 Å². The lowest BCUT2D eigenvalue weighted by molar-refractivity contribution is -0.142. The van der Waals surface area contributed by atoms with Crippen LogP contribution in [0, 0.1) is 13.8 Å². The maximum atomic E-state index is 13.0. The Labute approximate surface area is 181 Å². The lowest BCUT2D eigenvalue weighted by Gasteiger charge is -2.29. The summed E-state index contributed by atoms with van der Waals surface area (Å²) in [5, 5.41) is 2.88. The van der Waals surface area contributed by atoms with Gasteiger partial charge in [0.25, 0.3) is 5.91 Å². The van der Waals surface area contributed by atoms with Gasteiger partial charge in [-0.15, -0.1) is 0 Å². The fourth-order valence-electron chi connectivity index (χ4n) is 2.92. The van der Waals surface area contributed by atoms with Gasteiger partial charge in [0, 0.05) is 17.1 Å². The van der Waals surface area contributed by atoms with Crippen molar-refractivity contribution in [2.75, 3.05) is 6.61 Å². The predicted octanol–water partition coefficient (Wildman–Crippen LogP) is 4.39. The van der Waals surface area contributed by atoms with Crippen molar-refractivity contribution in [1.29, 1.82) is 0 Å². The van der Waals surface area contributed by atoms with Crippen LogP contribution in [0.25, 0.3) is 0 Å². The van der Waals surface area contributed by atoms with E-state index in [9.17, 15) is 9.59 Å². The number of nitrogens with zero attached hydrogens (tertiary/aromatic N) is 1. The number of benzene rings is 2. The molecule has 1 atom stereocenters.